The summed E-state index contributed by atoms with van der Waals surface area (Å²) in [4.78, 5) is 5.33. The summed E-state index contributed by atoms with van der Waals surface area (Å²) in [5, 5.41) is 0.814. The zero-order valence-electron chi connectivity index (χ0n) is 9.98. The molecular formula is C12H14N2O2S. The van der Waals surface area contributed by atoms with Crippen molar-refractivity contribution in [2.24, 2.45) is 0 Å². The van der Waals surface area contributed by atoms with Crippen molar-refractivity contribution in [2.45, 2.75) is 6.92 Å². The number of nitrogen functional groups attached to an aromatic ring is 1. The van der Waals surface area contributed by atoms with Crippen molar-refractivity contribution in [1.29, 1.82) is 0 Å². The van der Waals surface area contributed by atoms with Crippen molar-refractivity contribution in [2.75, 3.05) is 20.0 Å². The van der Waals surface area contributed by atoms with E-state index in [1.807, 2.05) is 25.1 Å². The Morgan fingerprint density at radius 1 is 1.18 bits per heavy atom. The lowest BCUT2D eigenvalue weighted by Crippen LogP contribution is -1.93. The molecule has 0 fully saturated rings. The molecule has 17 heavy (non-hydrogen) atoms. The Morgan fingerprint density at radius 2 is 1.76 bits per heavy atom. The summed E-state index contributed by atoms with van der Waals surface area (Å²) >= 11 is 1.53. The highest BCUT2D eigenvalue weighted by Crippen LogP contribution is 2.41. The van der Waals surface area contributed by atoms with Crippen LogP contribution in [0.25, 0.3) is 10.6 Å². The van der Waals surface area contributed by atoms with Gasteiger partial charge in [-0.2, -0.15) is 0 Å². The first-order chi connectivity index (χ1) is 8.17. The van der Waals surface area contributed by atoms with E-state index in [4.69, 9.17) is 15.2 Å². The fourth-order valence-corrected chi connectivity index (χ4v) is 2.46. The molecule has 1 aromatic carbocycles. The first kappa shape index (κ1) is 11.7. The first-order valence-electron chi connectivity index (χ1n) is 5.11. The third-order valence-electron chi connectivity index (χ3n) is 2.47. The minimum Gasteiger partial charge on any atom is -0.496 e. The Labute approximate surface area is 104 Å². The second-order valence-electron chi connectivity index (χ2n) is 3.50. The first-order valence-corrected chi connectivity index (χ1v) is 5.93. The molecule has 2 rings (SSSR count). The summed E-state index contributed by atoms with van der Waals surface area (Å²) in [5.74, 6) is 2.02. The molecule has 90 valence electrons. The van der Waals surface area contributed by atoms with Crippen LogP contribution in [0.4, 0.5) is 5.82 Å². The van der Waals surface area contributed by atoms with Crippen molar-refractivity contribution in [3.8, 4) is 22.1 Å². The second-order valence-corrected chi connectivity index (χ2v) is 4.70. The van der Waals surface area contributed by atoms with Crippen LogP contribution >= 0.6 is 11.3 Å². The molecule has 0 spiro atoms. The van der Waals surface area contributed by atoms with Crippen LogP contribution in [0.2, 0.25) is 0 Å². The lowest BCUT2D eigenvalue weighted by Gasteiger charge is -2.10. The van der Waals surface area contributed by atoms with Crippen LogP contribution in [0.3, 0.4) is 0 Å². The van der Waals surface area contributed by atoms with Crippen molar-refractivity contribution in [1.82, 2.24) is 4.98 Å². The summed E-state index contributed by atoms with van der Waals surface area (Å²) in [6.07, 6.45) is 0. The fraction of sp³-hybridized carbons (Fsp3) is 0.250. The molecule has 2 aromatic rings. The Bertz CT molecular complexity index is 496. The predicted molar refractivity (Wildman–Crippen MR) is 69.8 cm³/mol. The number of hydrogen-bond donors (Lipinski definition) is 1. The Morgan fingerprint density at radius 3 is 2.18 bits per heavy atom. The van der Waals surface area contributed by atoms with Gasteiger partial charge in [-0.25, -0.2) is 4.98 Å². The highest BCUT2D eigenvalue weighted by molar-refractivity contribution is 7.15. The fourth-order valence-electron chi connectivity index (χ4n) is 1.58. The normalized spacial score (nSPS) is 10.3. The second kappa shape index (κ2) is 4.63. The quantitative estimate of drug-likeness (QED) is 0.910. The van der Waals surface area contributed by atoms with Gasteiger partial charge in [0.15, 0.2) is 0 Å². The minimum atomic E-state index is 0.554. The standard InChI is InChI=1S/C12H14N2O2S/c1-7-11(13)14-12(17-7)10-8(15-2)5-4-6-9(10)16-3/h4-6H,13H2,1-3H3. The van der Waals surface area contributed by atoms with E-state index in [0.29, 0.717) is 5.82 Å². The van der Waals surface area contributed by atoms with Crippen molar-refractivity contribution in [3.05, 3.63) is 23.1 Å². The SMILES string of the molecule is COc1cccc(OC)c1-c1nc(N)c(C)s1. The van der Waals surface area contributed by atoms with E-state index < -0.39 is 0 Å². The summed E-state index contributed by atoms with van der Waals surface area (Å²) in [6.45, 7) is 1.94. The average Bonchev–Trinajstić information content (AvgIpc) is 2.68. The summed E-state index contributed by atoms with van der Waals surface area (Å²) in [5.41, 5.74) is 6.63. The number of thiazole rings is 1. The monoisotopic (exact) mass is 250 g/mol. The van der Waals surface area contributed by atoms with Gasteiger partial charge in [-0.05, 0) is 19.1 Å². The van der Waals surface area contributed by atoms with Crippen LogP contribution in [-0.2, 0) is 0 Å². The van der Waals surface area contributed by atoms with Gasteiger partial charge in [0, 0.05) is 4.88 Å². The van der Waals surface area contributed by atoms with Crippen molar-refractivity contribution in [3.63, 3.8) is 0 Å². The lowest BCUT2D eigenvalue weighted by atomic mass is 10.2. The predicted octanol–water partition coefficient (Wildman–Crippen LogP) is 2.72. The summed E-state index contributed by atoms with van der Waals surface area (Å²) < 4.78 is 10.7. The Kier molecular flexibility index (Phi) is 3.19. The number of aryl methyl sites for hydroxylation is 1. The third-order valence-corrected chi connectivity index (χ3v) is 3.48. The maximum absolute atomic E-state index is 5.78. The van der Waals surface area contributed by atoms with Crippen molar-refractivity contribution >= 4 is 17.2 Å². The number of anilines is 1. The van der Waals surface area contributed by atoms with E-state index in [-0.39, 0.29) is 0 Å². The van der Waals surface area contributed by atoms with Gasteiger partial charge >= 0.3 is 0 Å². The number of ether oxygens (including phenoxy) is 2. The Balaban J connectivity index is 2.63. The van der Waals surface area contributed by atoms with E-state index in [9.17, 15) is 0 Å². The average molecular weight is 250 g/mol. The van der Waals surface area contributed by atoms with Crippen molar-refractivity contribution < 1.29 is 9.47 Å². The molecular weight excluding hydrogens is 236 g/mol. The molecule has 0 aliphatic carbocycles. The molecule has 0 aliphatic rings. The van der Waals surface area contributed by atoms with E-state index in [0.717, 1.165) is 26.9 Å². The minimum absolute atomic E-state index is 0.554. The molecule has 0 amide bonds. The maximum atomic E-state index is 5.78. The molecule has 1 aromatic heterocycles. The van der Waals surface area contributed by atoms with Gasteiger partial charge in [-0.15, -0.1) is 11.3 Å². The zero-order valence-corrected chi connectivity index (χ0v) is 10.8. The van der Waals surface area contributed by atoms with Gasteiger partial charge in [-0.1, -0.05) is 6.07 Å². The van der Waals surface area contributed by atoms with Gasteiger partial charge < -0.3 is 15.2 Å². The smallest absolute Gasteiger partial charge is 0.138 e. The Hall–Kier alpha value is -1.75. The van der Waals surface area contributed by atoms with E-state index in [2.05, 4.69) is 4.98 Å². The molecule has 0 aliphatic heterocycles. The highest BCUT2D eigenvalue weighted by atomic mass is 32.1. The van der Waals surface area contributed by atoms with E-state index in [1.165, 1.54) is 11.3 Å². The third kappa shape index (κ3) is 2.06. The summed E-state index contributed by atoms with van der Waals surface area (Å²) in [6, 6.07) is 5.64. The molecule has 0 bridgehead atoms. The van der Waals surface area contributed by atoms with Gasteiger partial charge in [0.05, 0.1) is 19.8 Å². The van der Waals surface area contributed by atoms with Crippen LogP contribution < -0.4 is 15.2 Å². The number of nitrogens with zero attached hydrogens (tertiary/aromatic N) is 1. The van der Waals surface area contributed by atoms with Crippen LogP contribution in [-0.4, -0.2) is 19.2 Å². The number of aromatic nitrogens is 1. The molecule has 0 unspecified atom stereocenters. The number of rotatable bonds is 3. The van der Waals surface area contributed by atoms with Gasteiger partial charge in [0.25, 0.3) is 0 Å². The topological polar surface area (TPSA) is 57.4 Å². The van der Waals surface area contributed by atoms with Gasteiger partial charge in [0.2, 0.25) is 0 Å². The number of hydrogen-bond acceptors (Lipinski definition) is 5. The molecule has 4 nitrogen and oxygen atoms in total. The summed E-state index contributed by atoms with van der Waals surface area (Å²) in [7, 11) is 3.25. The van der Waals surface area contributed by atoms with Crippen LogP contribution in [0.5, 0.6) is 11.5 Å². The molecule has 5 heteroatoms. The number of methoxy groups -OCH3 is 2. The molecule has 0 atom stereocenters. The highest BCUT2D eigenvalue weighted by Gasteiger charge is 2.16. The number of nitrogens with two attached hydrogens (primary N) is 1. The lowest BCUT2D eigenvalue weighted by molar-refractivity contribution is 0.397. The maximum Gasteiger partial charge on any atom is 0.138 e. The zero-order chi connectivity index (χ0) is 12.4. The van der Waals surface area contributed by atoms with Gasteiger partial charge in [0.1, 0.15) is 22.3 Å². The van der Waals surface area contributed by atoms with E-state index >= 15 is 0 Å². The van der Waals surface area contributed by atoms with E-state index in [1.54, 1.807) is 14.2 Å². The molecule has 2 N–H and O–H groups in total. The van der Waals surface area contributed by atoms with Crippen LogP contribution in [0.1, 0.15) is 4.88 Å². The molecule has 1 heterocycles. The number of benzene rings is 1. The largest absolute Gasteiger partial charge is 0.496 e. The molecule has 0 saturated carbocycles. The molecule has 0 saturated heterocycles. The van der Waals surface area contributed by atoms with Gasteiger partial charge in [-0.3, -0.25) is 0 Å². The van der Waals surface area contributed by atoms with Crippen LogP contribution in [0, 0.1) is 6.92 Å². The molecule has 0 radical (unpaired) electrons. The van der Waals surface area contributed by atoms with Crippen LogP contribution in [0.15, 0.2) is 18.2 Å².